The normalized spacial score (nSPS) is 12.2. The van der Waals surface area contributed by atoms with Crippen LogP contribution in [0.5, 0.6) is 0 Å². The van der Waals surface area contributed by atoms with Gasteiger partial charge in [0.2, 0.25) is 5.89 Å². The minimum absolute atomic E-state index is 0.187. The molecule has 0 saturated carbocycles. The lowest BCUT2D eigenvalue weighted by Gasteiger charge is -2.08. The van der Waals surface area contributed by atoms with Crippen molar-refractivity contribution in [3.63, 3.8) is 0 Å². The van der Waals surface area contributed by atoms with Crippen molar-refractivity contribution in [3.05, 3.63) is 57.4 Å². The smallest absolute Gasteiger partial charge is 0.340 e. The van der Waals surface area contributed by atoms with E-state index >= 15 is 0 Å². The Kier molecular flexibility index (Phi) is 4.44. The lowest BCUT2D eigenvalue weighted by molar-refractivity contribution is 0.0279. The molecule has 0 aliphatic rings. The lowest BCUT2D eigenvalue weighted by Crippen LogP contribution is -2.09. The van der Waals surface area contributed by atoms with Gasteiger partial charge in [0.25, 0.3) is 5.89 Å². The first-order chi connectivity index (χ1) is 11.4. The van der Waals surface area contributed by atoms with Crippen LogP contribution in [0.2, 0.25) is 0 Å². The van der Waals surface area contributed by atoms with Crippen LogP contribution < -0.4 is 0 Å². The summed E-state index contributed by atoms with van der Waals surface area (Å²) in [4.78, 5) is 14.2. The van der Waals surface area contributed by atoms with E-state index in [-0.39, 0.29) is 17.6 Å². The first-order valence-corrected chi connectivity index (χ1v) is 8.13. The van der Waals surface area contributed by atoms with Crippen LogP contribution in [0.25, 0.3) is 11.5 Å². The molecule has 3 rings (SSSR count). The van der Waals surface area contributed by atoms with Crippen LogP contribution in [0, 0.1) is 19.7 Å². The maximum Gasteiger partial charge on any atom is 0.340 e. The molecule has 2 aromatic heterocycles. The van der Waals surface area contributed by atoms with Gasteiger partial charge in [-0.1, -0.05) is 0 Å². The highest BCUT2D eigenvalue weighted by Crippen LogP contribution is 2.26. The Morgan fingerprint density at radius 2 is 1.96 bits per heavy atom. The first-order valence-electron chi connectivity index (χ1n) is 7.31. The van der Waals surface area contributed by atoms with Crippen LogP contribution in [0.15, 0.2) is 34.7 Å². The topological polar surface area (TPSA) is 65.2 Å². The second kappa shape index (κ2) is 6.52. The molecule has 0 aliphatic heterocycles. The minimum atomic E-state index is -0.682. The van der Waals surface area contributed by atoms with E-state index in [0.29, 0.717) is 11.1 Å². The lowest BCUT2D eigenvalue weighted by atomic mass is 10.2. The summed E-state index contributed by atoms with van der Waals surface area (Å²) in [5.41, 5.74) is 1.14. The van der Waals surface area contributed by atoms with Crippen molar-refractivity contribution < 1.29 is 18.3 Å². The maximum atomic E-state index is 13.0. The summed E-state index contributed by atoms with van der Waals surface area (Å²) in [7, 11) is 0. The fraction of sp³-hybridized carbons (Fsp3) is 0.235. The summed E-state index contributed by atoms with van der Waals surface area (Å²) in [5, 5.41) is 7.81. The third-order valence-electron chi connectivity index (χ3n) is 3.42. The van der Waals surface area contributed by atoms with E-state index in [1.807, 2.05) is 13.8 Å². The van der Waals surface area contributed by atoms with Gasteiger partial charge in [0, 0.05) is 15.3 Å². The van der Waals surface area contributed by atoms with Crippen LogP contribution in [0.4, 0.5) is 4.39 Å². The van der Waals surface area contributed by atoms with Gasteiger partial charge in [0.1, 0.15) is 5.82 Å². The molecule has 2 heterocycles. The second-order valence-corrected chi connectivity index (χ2v) is 6.79. The van der Waals surface area contributed by atoms with Crippen molar-refractivity contribution >= 4 is 17.3 Å². The molecule has 3 aromatic rings. The highest BCUT2D eigenvalue weighted by atomic mass is 32.1. The van der Waals surface area contributed by atoms with Gasteiger partial charge >= 0.3 is 5.97 Å². The summed E-state index contributed by atoms with van der Waals surface area (Å²) < 4.78 is 23.9. The molecule has 0 saturated heterocycles. The van der Waals surface area contributed by atoms with Crippen molar-refractivity contribution in [2.24, 2.45) is 0 Å². The molecule has 7 heteroatoms. The zero-order valence-electron chi connectivity index (χ0n) is 13.4. The van der Waals surface area contributed by atoms with Crippen molar-refractivity contribution in [1.82, 2.24) is 10.2 Å². The largest absolute Gasteiger partial charge is 0.449 e. The zero-order valence-corrected chi connectivity index (χ0v) is 14.2. The zero-order chi connectivity index (χ0) is 17.3. The third kappa shape index (κ3) is 3.35. The fourth-order valence-electron chi connectivity index (χ4n) is 2.22. The number of thiophene rings is 1. The minimum Gasteiger partial charge on any atom is -0.449 e. The number of nitrogens with zero attached hydrogens (tertiary/aromatic N) is 2. The van der Waals surface area contributed by atoms with Gasteiger partial charge in [0.15, 0.2) is 6.10 Å². The Hall–Kier alpha value is -2.54. The van der Waals surface area contributed by atoms with Gasteiger partial charge in [-0.05, 0) is 51.1 Å². The number of halogens is 1. The van der Waals surface area contributed by atoms with E-state index < -0.39 is 12.1 Å². The molecule has 0 fully saturated rings. The monoisotopic (exact) mass is 346 g/mol. The predicted molar refractivity (Wildman–Crippen MR) is 87.3 cm³/mol. The molecule has 0 aliphatic carbocycles. The van der Waals surface area contributed by atoms with Crippen LogP contribution in [0.1, 0.15) is 39.0 Å². The Morgan fingerprint density at radius 3 is 2.58 bits per heavy atom. The second-order valence-electron chi connectivity index (χ2n) is 5.33. The number of aryl methyl sites for hydroxylation is 2. The molecule has 0 radical (unpaired) electrons. The van der Waals surface area contributed by atoms with Crippen molar-refractivity contribution in [2.75, 3.05) is 0 Å². The standard InChI is InChI=1S/C17H15FN2O3S/c1-9-8-14(11(3)24-9)17(21)22-10(2)15-19-20-16(23-15)12-4-6-13(18)7-5-12/h4-8,10H,1-3H3/t10-/m0/s1. The summed E-state index contributed by atoms with van der Waals surface area (Å²) >= 11 is 1.54. The molecule has 0 bridgehead atoms. The number of carbonyl (C=O) groups is 1. The van der Waals surface area contributed by atoms with E-state index in [4.69, 9.17) is 9.15 Å². The molecule has 0 N–H and O–H groups in total. The van der Waals surface area contributed by atoms with Crippen molar-refractivity contribution in [3.8, 4) is 11.5 Å². The molecule has 24 heavy (non-hydrogen) atoms. The number of hydrogen-bond acceptors (Lipinski definition) is 6. The molecule has 124 valence electrons. The Labute approximate surface area is 142 Å². The van der Waals surface area contributed by atoms with E-state index in [9.17, 15) is 9.18 Å². The Morgan fingerprint density at radius 1 is 1.25 bits per heavy atom. The van der Waals surface area contributed by atoms with Crippen LogP contribution in [-0.2, 0) is 4.74 Å². The van der Waals surface area contributed by atoms with E-state index in [1.165, 1.54) is 12.1 Å². The fourth-order valence-corrected chi connectivity index (χ4v) is 3.13. The van der Waals surface area contributed by atoms with Crippen molar-refractivity contribution in [2.45, 2.75) is 26.9 Å². The SMILES string of the molecule is Cc1cc(C(=O)O[C@@H](C)c2nnc(-c3ccc(F)cc3)o2)c(C)s1. The highest BCUT2D eigenvalue weighted by molar-refractivity contribution is 7.12. The molecule has 1 aromatic carbocycles. The molecule has 5 nitrogen and oxygen atoms in total. The average Bonchev–Trinajstić information content (AvgIpc) is 3.14. The number of ether oxygens (including phenoxy) is 1. The van der Waals surface area contributed by atoms with Gasteiger partial charge in [-0.2, -0.15) is 0 Å². The average molecular weight is 346 g/mol. The Balaban J connectivity index is 1.74. The number of aromatic nitrogens is 2. The number of rotatable bonds is 4. The Bertz CT molecular complexity index is 870. The number of hydrogen-bond donors (Lipinski definition) is 0. The van der Waals surface area contributed by atoms with E-state index in [1.54, 1.807) is 36.5 Å². The highest BCUT2D eigenvalue weighted by Gasteiger charge is 2.21. The molecule has 0 spiro atoms. The van der Waals surface area contributed by atoms with Crippen LogP contribution in [-0.4, -0.2) is 16.2 Å². The molecule has 1 atom stereocenters. The van der Waals surface area contributed by atoms with E-state index in [2.05, 4.69) is 10.2 Å². The van der Waals surface area contributed by atoms with Crippen molar-refractivity contribution in [1.29, 1.82) is 0 Å². The van der Waals surface area contributed by atoms with Gasteiger partial charge in [0.05, 0.1) is 5.56 Å². The summed E-state index contributed by atoms with van der Waals surface area (Å²) in [5.74, 6) is -0.337. The molecule has 0 unspecified atom stereocenters. The summed E-state index contributed by atoms with van der Waals surface area (Å²) in [6, 6.07) is 7.50. The van der Waals surface area contributed by atoms with Crippen LogP contribution in [0.3, 0.4) is 0 Å². The summed E-state index contributed by atoms with van der Waals surface area (Å²) in [6.07, 6.45) is -0.682. The van der Waals surface area contributed by atoms with Gasteiger partial charge in [-0.15, -0.1) is 21.5 Å². The maximum absolute atomic E-state index is 13.0. The number of carbonyl (C=O) groups excluding carboxylic acids is 1. The first kappa shape index (κ1) is 16.3. The molecular weight excluding hydrogens is 331 g/mol. The van der Waals surface area contributed by atoms with Gasteiger partial charge < -0.3 is 9.15 Å². The van der Waals surface area contributed by atoms with E-state index in [0.717, 1.165) is 9.75 Å². The third-order valence-corrected chi connectivity index (χ3v) is 4.39. The molecular formula is C17H15FN2O3S. The van der Waals surface area contributed by atoms with Crippen LogP contribution >= 0.6 is 11.3 Å². The van der Waals surface area contributed by atoms with Gasteiger partial charge in [-0.25, -0.2) is 9.18 Å². The predicted octanol–water partition coefficient (Wildman–Crippen LogP) is 4.47. The quantitative estimate of drug-likeness (QED) is 0.652. The molecule has 0 amide bonds. The number of benzene rings is 1. The summed E-state index contributed by atoms with van der Waals surface area (Å²) in [6.45, 7) is 5.47. The number of esters is 1. The van der Waals surface area contributed by atoms with Gasteiger partial charge in [-0.3, -0.25) is 0 Å².